The van der Waals surface area contributed by atoms with Gasteiger partial charge in [-0.25, -0.2) is 0 Å². The maximum atomic E-state index is 12.4. The molecule has 2 N–H and O–H groups in total. The zero-order valence-corrected chi connectivity index (χ0v) is 13.2. The fourth-order valence-electron chi connectivity index (χ4n) is 3.61. The molecule has 1 amide bonds. The number of likely N-dealkylation sites (tertiary alicyclic amines) is 1. The predicted molar refractivity (Wildman–Crippen MR) is 83.2 cm³/mol. The summed E-state index contributed by atoms with van der Waals surface area (Å²) in [6.07, 6.45) is 4.08. The molecule has 0 aromatic heterocycles. The molecule has 1 aliphatic heterocycles. The Bertz CT molecular complexity index is 488. The highest BCUT2D eigenvalue weighted by molar-refractivity contribution is 9.10. The van der Waals surface area contributed by atoms with Gasteiger partial charge >= 0.3 is 0 Å². The number of amides is 1. The molecule has 0 radical (unpaired) electrons. The maximum Gasteiger partial charge on any atom is 0.227 e. The topological polar surface area (TPSA) is 46.3 Å². The lowest BCUT2D eigenvalue weighted by molar-refractivity contribution is -0.129. The third-order valence-corrected chi connectivity index (χ3v) is 5.30. The molecule has 0 bridgehead atoms. The number of nitrogens with two attached hydrogens (primary N) is 1. The van der Waals surface area contributed by atoms with Crippen molar-refractivity contribution in [2.24, 2.45) is 17.6 Å². The quantitative estimate of drug-likeness (QED) is 0.902. The number of hydrogen-bond donors (Lipinski definition) is 1. The van der Waals surface area contributed by atoms with E-state index in [4.69, 9.17) is 5.73 Å². The van der Waals surface area contributed by atoms with Gasteiger partial charge in [0, 0.05) is 23.6 Å². The van der Waals surface area contributed by atoms with Gasteiger partial charge in [-0.3, -0.25) is 4.79 Å². The molecule has 1 saturated heterocycles. The molecular weight excluding hydrogens is 316 g/mol. The predicted octanol–water partition coefficient (Wildman–Crippen LogP) is 2.58. The molecule has 108 valence electrons. The number of halogens is 1. The SMILES string of the molecule is NC1CCCC2CN(C(=O)Cc3ccc(Br)cc3)CC12. The Morgan fingerprint density at radius 2 is 2.00 bits per heavy atom. The average molecular weight is 337 g/mol. The first-order valence-electron chi connectivity index (χ1n) is 7.41. The third-order valence-electron chi connectivity index (χ3n) is 4.78. The largest absolute Gasteiger partial charge is 0.342 e. The van der Waals surface area contributed by atoms with Crippen LogP contribution in [0.3, 0.4) is 0 Å². The molecule has 1 saturated carbocycles. The van der Waals surface area contributed by atoms with Gasteiger partial charge in [0.25, 0.3) is 0 Å². The van der Waals surface area contributed by atoms with Crippen LogP contribution in [0.15, 0.2) is 28.7 Å². The lowest BCUT2D eigenvalue weighted by Crippen LogP contribution is -2.38. The van der Waals surface area contributed by atoms with Crippen LogP contribution in [0.1, 0.15) is 24.8 Å². The number of benzene rings is 1. The first kappa shape index (κ1) is 14.1. The number of rotatable bonds is 2. The van der Waals surface area contributed by atoms with E-state index >= 15 is 0 Å². The zero-order chi connectivity index (χ0) is 14.1. The van der Waals surface area contributed by atoms with Crippen LogP contribution in [-0.2, 0) is 11.2 Å². The Hall–Kier alpha value is -0.870. The van der Waals surface area contributed by atoms with Crippen LogP contribution >= 0.6 is 15.9 Å². The molecule has 1 aromatic rings. The number of hydrogen-bond acceptors (Lipinski definition) is 2. The number of carbonyl (C=O) groups excluding carboxylic acids is 1. The number of fused-ring (bicyclic) bond motifs is 1. The van der Waals surface area contributed by atoms with Crippen LogP contribution in [0, 0.1) is 11.8 Å². The van der Waals surface area contributed by atoms with Crippen molar-refractivity contribution in [1.82, 2.24) is 4.90 Å². The number of carbonyl (C=O) groups is 1. The van der Waals surface area contributed by atoms with Crippen molar-refractivity contribution >= 4 is 21.8 Å². The van der Waals surface area contributed by atoms with Crippen molar-refractivity contribution in [2.45, 2.75) is 31.7 Å². The summed E-state index contributed by atoms with van der Waals surface area (Å²) in [6.45, 7) is 1.77. The summed E-state index contributed by atoms with van der Waals surface area (Å²) in [6, 6.07) is 8.29. The van der Waals surface area contributed by atoms with Crippen LogP contribution in [0.2, 0.25) is 0 Å². The molecule has 2 aliphatic rings. The molecule has 4 heteroatoms. The molecule has 3 rings (SSSR count). The van der Waals surface area contributed by atoms with Gasteiger partial charge in [-0.15, -0.1) is 0 Å². The lowest BCUT2D eigenvalue weighted by atomic mass is 9.78. The van der Waals surface area contributed by atoms with Crippen molar-refractivity contribution in [3.63, 3.8) is 0 Å². The van der Waals surface area contributed by atoms with E-state index in [2.05, 4.69) is 15.9 Å². The molecule has 3 unspecified atom stereocenters. The minimum absolute atomic E-state index is 0.244. The van der Waals surface area contributed by atoms with E-state index in [-0.39, 0.29) is 5.91 Å². The Morgan fingerprint density at radius 1 is 1.25 bits per heavy atom. The molecular formula is C16H21BrN2O. The summed E-state index contributed by atoms with van der Waals surface area (Å²) >= 11 is 3.42. The standard InChI is InChI=1S/C16H21BrN2O/c17-13-6-4-11(5-7-13)8-16(20)19-9-12-2-1-3-15(18)14(12)10-19/h4-7,12,14-15H,1-3,8-10,18H2. The van der Waals surface area contributed by atoms with Crippen molar-refractivity contribution in [2.75, 3.05) is 13.1 Å². The van der Waals surface area contributed by atoms with Gasteiger partial charge in [-0.2, -0.15) is 0 Å². The lowest BCUT2D eigenvalue weighted by Gasteiger charge is -2.29. The zero-order valence-electron chi connectivity index (χ0n) is 11.6. The van der Waals surface area contributed by atoms with Crippen molar-refractivity contribution in [3.8, 4) is 0 Å². The van der Waals surface area contributed by atoms with E-state index < -0.39 is 0 Å². The molecule has 2 fully saturated rings. The fraction of sp³-hybridized carbons (Fsp3) is 0.562. The van der Waals surface area contributed by atoms with Gasteiger partial charge in [-0.1, -0.05) is 34.5 Å². The Balaban J connectivity index is 1.62. The van der Waals surface area contributed by atoms with Crippen molar-refractivity contribution in [1.29, 1.82) is 0 Å². The second kappa shape index (κ2) is 5.86. The summed E-state index contributed by atoms with van der Waals surface area (Å²) in [4.78, 5) is 14.5. The molecule has 3 nitrogen and oxygen atoms in total. The highest BCUT2D eigenvalue weighted by Gasteiger charge is 2.40. The summed E-state index contributed by atoms with van der Waals surface area (Å²) < 4.78 is 1.05. The monoisotopic (exact) mass is 336 g/mol. The van der Waals surface area contributed by atoms with Crippen LogP contribution in [0.25, 0.3) is 0 Å². The second-order valence-electron chi connectivity index (χ2n) is 6.12. The Labute approximate surface area is 128 Å². The van der Waals surface area contributed by atoms with E-state index in [1.807, 2.05) is 29.2 Å². The van der Waals surface area contributed by atoms with Crippen molar-refractivity contribution in [3.05, 3.63) is 34.3 Å². The van der Waals surface area contributed by atoms with Gasteiger partial charge in [0.05, 0.1) is 6.42 Å². The van der Waals surface area contributed by atoms with E-state index in [9.17, 15) is 4.79 Å². The normalized spacial score (nSPS) is 29.3. The number of nitrogens with zero attached hydrogens (tertiary/aromatic N) is 1. The molecule has 1 aliphatic carbocycles. The highest BCUT2D eigenvalue weighted by Crippen LogP contribution is 2.35. The minimum Gasteiger partial charge on any atom is -0.342 e. The van der Waals surface area contributed by atoms with Gasteiger partial charge in [-0.05, 0) is 42.4 Å². The van der Waals surface area contributed by atoms with E-state index in [0.29, 0.717) is 24.3 Å². The van der Waals surface area contributed by atoms with Crippen LogP contribution in [0.5, 0.6) is 0 Å². The summed E-state index contributed by atoms with van der Waals surface area (Å²) in [5.74, 6) is 1.40. The summed E-state index contributed by atoms with van der Waals surface area (Å²) in [5, 5.41) is 0. The highest BCUT2D eigenvalue weighted by atomic mass is 79.9. The third kappa shape index (κ3) is 2.91. The van der Waals surface area contributed by atoms with E-state index in [1.54, 1.807) is 0 Å². The summed E-state index contributed by atoms with van der Waals surface area (Å²) in [5.41, 5.74) is 7.29. The smallest absolute Gasteiger partial charge is 0.227 e. The van der Waals surface area contributed by atoms with Gasteiger partial charge in [0.1, 0.15) is 0 Å². The molecule has 1 heterocycles. The molecule has 0 spiro atoms. The average Bonchev–Trinajstić information content (AvgIpc) is 2.87. The first-order valence-corrected chi connectivity index (χ1v) is 8.20. The van der Waals surface area contributed by atoms with E-state index in [1.165, 1.54) is 12.8 Å². The Morgan fingerprint density at radius 3 is 2.70 bits per heavy atom. The van der Waals surface area contributed by atoms with E-state index in [0.717, 1.165) is 29.5 Å². The van der Waals surface area contributed by atoms with Crippen LogP contribution in [0.4, 0.5) is 0 Å². The molecule has 20 heavy (non-hydrogen) atoms. The fourth-order valence-corrected chi connectivity index (χ4v) is 3.87. The molecule has 1 aromatic carbocycles. The van der Waals surface area contributed by atoms with Crippen LogP contribution in [-0.4, -0.2) is 29.9 Å². The van der Waals surface area contributed by atoms with Gasteiger partial charge in [0.2, 0.25) is 5.91 Å². The molecule has 3 atom stereocenters. The van der Waals surface area contributed by atoms with Crippen molar-refractivity contribution < 1.29 is 4.79 Å². The second-order valence-corrected chi connectivity index (χ2v) is 7.04. The first-order chi connectivity index (χ1) is 9.63. The minimum atomic E-state index is 0.244. The van der Waals surface area contributed by atoms with Gasteiger partial charge < -0.3 is 10.6 Å². The maximum absolute atomic E-state index is 12.4. The van der Waals surface area contributed by atoms with Gasteiger partial charge in [0.15, 0.2) is 0 Å². The Kier molecular flexibility index (Phi) is 4.13. The van der Waals surface area contributed by atoms with Crippen LogP contribution < -0.4 is 5.73 Å². The summed E-state index contributed by atoms with van der Waals surface area (Å²) in [7, 11) is 0.